The Kier molecular flexibility index (Phi) is 6.70. The first-order valence-corrected chi connectivity index (χ1v) is 13.6. The average Bonchev–Trinajstić information content (AvgIpc) is 3.37. The first kappa shape index (κ1) is 23.8. The Morgan fingerprint density at radius 1 is 0.973 bits per heavy atom. The zero-order valence-corrected chi connectivity index (χ0v) is 21.8. The topological polar surface area (TPSA) is 85.1 Å². The zero-order valence-electron chi connectivity index (χ0n) is 21.8. The summed E-state index contributed by atoms with van der Waals surface area (Å²) in [5, 5.41) is 10.6. The highest BCUT2D eigenvalue weighted by molar-refractivity contribution is 5.94. The summed E-state index contributed by atoms with van der Waals surface area (Å²) in [5.74, 6) is 2.50. The van der Waals surface area contributed by atoms with E-state index in [0.717, 1.165) is 41.8 Å². The first-order valence-electron chi connectivity index (χ1n) is 13.6. The number of aliphatic imine (C=N–C) groups is 1. The number of rotatable bonds is 5. The molecule has 3 aliphatic heterocycles. The van der Waals surface area contributed by atoms with Gasteiger partial charge < -0.3 is 30.2 Å². The molecular weight excluding hydrogens is 462 g/mol. The van der Waals surface area contributed by atoms with Crippen molar-refractivity contribution in [2.24, 2.45) is 4.99 Å². The van der Waals surface area contributed by atoms with Gasteiger partial charge in [-0.05, 0) is 76.4 Å². The molecule has 0 spiro atoms. The number of nitrogens with one attached hydrogen (secondary N) is 3. The fourth-order valence-corrected chi connectivity index (χ4v) is 5.79. The molecule has 3 aromatic heterocycles. The van der Waals surface area contributed by atoms with Gasteiger partial charge in [0.05, 0.1) is 0 Å². The second-order valence-electron chi connectivity index (χ2n) is 10.5. The number of hydrogen-bond donors (Lipinski definition) is 3. The third-order valence-electron chi connectivity index (χ3n) is 7.59. The van der Waals surface area contributed by atoms with Crippen molar-refractivity contribution in [2.75, 3.05) is 36.8 Å². The molecule has 194 valence electrons. The molecule has 9 heteroatoms. The van der Waals surface area contributed by atoms with Gasteiger partial charge >= 0.3 is 0 Å². The Morgan fingerprint density at radius 3 is 2.62 bits per heavy atom. The van der Waals surface area contributed by atoms with Crippen LogP contribution in [0.5, 0.6) is 0 Å². The van der Waals surface area contributed by atoms with Gasteiger partial charge in [0.1, 0.15) is 23.5 Å². The van der Waals surface area contributed by atoms with Crippen LogP contribution in [0.25, 0.3) is 5.65 Å². The molecule has 0 bridgehead atoms. The summed E-state index contributed by atoms with van der Waals surface area (Å²) in [7, 11) is 0. The number of aryl methyl sites for hydroxylation is 2. The fourth-order valence-electron chi connectivity index (χ4n) is 5.79. The van der Waals surface area contributed by atoms with E-state index in [4.69, 9.17) is 4.99 Å². The van der Waals surface area contributed by atoms with Crippen molar-refractivity contribution in [3.63, 3.8) is 0 Å². The molecule has 2 fully saturated rings. The summed E-state index contributed by atoms with van der Waals surface area (Å²) in [6.45, 7) is 8.68. The molecule has 6 heterocycles. The number of likely N-dealkylation sites (tertiary alicyclic amines) is 2. The number of pyridine rings is 2. The first-order chi connectivity index (χ1) is 18.1. The van der Waals surface area contributed by atoms with Gasteiger partial charge in [0, 0.05) is 61.2 Å². The number of fused-ring (bicyclic) bond motifs is 1. The molecule has 6 rings (SSSR count). The molecular formula is C28H37N9. The van der Waals surface area contributed by atoms with Gasteiger partial charge in [-0.15, -0.1) is 0 Å². The van der Waals surface area contributed by atoms with Crippen molar-refractivity contribution >= 4 is 23.1 Å². The van der Waals surface area contributed by atoms with E-state index in [0.29, 0.717) is 12.0 Å². The van der Waals surface area contributed by atoms with E-state index in [1.54, 1.807) is 0 Å². The number of guanidine groups is 1. The molecule has 2 saturated heterocycles. The molecule has 0 aliphatic carbocycles. The van der Waals surface area contributed by atoms with Crippen LogP contribution in [-0.2, 0) is 0 Å². The smallest absolute Gasteiger partial charge is 0.205 e. The summed E-state index contributed by atoms with van der Waals surface area (Å²) < 4.78 is 2.01. The Bertz CT molecular complexity index is 1280. The normalized spacial score (nSPS) is 21.4. The SMILES string of the molecule is Cc1cc(C)nc(NC2=NC(N3CCC(N4CCCCC4)CC3)=CC(Nc3ccn4ccnc4c3)N2)c1. The lowest BCUT2D eigenvalue weighted by atomic mass is 10.00. The Hall–Kier alpha value is -3.59. The standard InChI is InChI=1S/C28H37N9/c1-20-16-21(2)30-24(17-20)32-28-33-25(31-22-6-12-37-15-9-29-26(37)18-22)19-27(34-28)36-13-7-23(8-14-36)35-10-4-3-5-11-35/h6,9,12,15-19,23,25,31H,3-5,7-8,10-11,13-14H2,1-2H3,(H2,30,32,33,34). The lowest BCUT2D eigenvalue weighted by Crippen LogP contribution is -2.49. The maximum absolute atomic E-state index is 5.00. The monoisotopic (exact) mass is 499 g/mol. The van der Waals surface area contributed by atoms with Gasteiger partial charge in [0.15, 0.2) is 0 Å². The second-order valence-corrected chi connectivity index (χ2v) is 10.5. The predicted molar refractivity (Wildman–Crippen MR) is 149 cm³/mol. The second kappa shape index (κ2) is 10.4. The van der Waals surface area contributed by atoms with Crippen LogP contribution in [0.2, 0.25) is 0 Å². The van der Waals surface area contributed by atoms with Gasteiger partial charge in [-0.1, -0.05) is 6.42 Å². The molecule has 0 amide bonds. The minimum atomic E-state index is -0.127. The van der Waals surface area contributed by atoms with E-state index < -0.39 is 0 Å². The molecule has 3 aliphatic rings. The van der Waals surface area contributed by atoms with Gasteiger partial charge in [-0.2, -0.15) is 4.99 Å². The third-order valence-corrected chi connectivity index (χ3v) is 7.59. The quantitative estimate of drug-likeness (QED) is 0.490. The van der Waals surface area contributed by atoms with E-state index in [1.165, 1.54) is 50.8 Å². The number of nitrogens with zero attached hydrogens (tertiary/aromatic N) is 6. The molecule has 9 nitrogen and oxygen atoms in total. The van der Waals surface area contributed by atoms with Crippen molar-refractivity contribution in [3.05, 3.63) is 66.0 Å². The minimum absolute atomic E-state index is 0.127. The van der Waals surface area contributed by atoms with E-state index in [9.17, 15) is 0 Å². The van der Waals surface area contributed by atoms with Crippen LogP contribution in [0.1, 0.15) is 43.4 Å². The molecule has 37 heavy (non-hydrogen) atoms. The maximum Gasteiger partial charge on any atom is 0.205 e. The molecule has 0 saturated carbocycles. The van der Waals surface area contributed by atoms with Crippen molar-refractivity contribution < 1.29 is 0 Å². The van der Waals surface area contributed by atoms with Crippen LogP contribution in [-0.4, -0.2) is 68.5 Å². The molecule has 0 aromatic carbocycles. The average molecular weight is 500 g/mol. The van der Waals surface area contributed by atoms with Crippen molar-refractivity contribution in [2.45, 2.75) is 58.2 Å². The molecule has 3 aromatic rings. The Balaban J connectivity index is 1.21. The lowest BCUT2D eigenvalue weighted by molar-refractivity contribution is 0.104. The van der Waals surface area contributed by atoms with Crippen molar-refractivity contribution in [3.8, 4) is 0 Å². The van der Waals surface area contributed by atoms with E-state index in [-0.39, 0.29) is 6.17 Å². The van der Waals surface area contributed by atoms with Crippen LogP contribution in [0.15, 0.2) is 59.7 Å². The van der Waals surface area contributed by atoms with Crippen molar-refractivity contribution in [1.29, 1.82) is 0 Å². The van der Waals surface area contributed by atoms with E-state index in [2.05, 4.69) is 66.9 Å². The van der Waals surface area contributed by atoms with Gasteiger partial charge in [-0.3, -0.25) is 0 Å². The van der Waals surface area contributed by atoms with Crippen LogP contribution >= 0.6 is 0 Å². The van der Waals surface area contributed by atoms with Crippen molar-refractivity contribution in [1.82, 2.24) is 29.5 Å². The lowest BCUT2D eigenvalue weighted by Gasteiger charge is -2.41. The molecule has 1 unspecified atom stereocenters. The van der Waals surface area contributed by atoms with E-state index >= 15 is 0 Å². The number of aromatic nitrogens is 3. The number of hydrogen-bond acceptors (Lipinski definition) is 8. The Morgan fingerprint density at radius 2 is 1.81 bits per heavy atom. The summed E-state index contributed by atoms with van der Waals surface area (Å²) in [5.41, 5.74) is 4.07. The maximum atomic E-state index is 5.00. The highest BCUT2D eigenvalue weighted by atomic mass is 15.3. The number of piperidine rings is 2. The third kappa shape index (κ3) is 5.56. The summed E-state index contributed by atoms with van der Waals surface area (Å²) in [6.07, 6.45) is 14.3. The van der Waals surface area contributed by atoms with Crippen LogP contribution in [0.3, 0.4) is 0 Å². The highest BCUT2D eigenvalue weighted by Crippen LogP contribution is 2.25. The zero-order chi connectivity index (χ0) is 25.2. The highest BCUT2D eigenvalue weighted by Gasteiger charge is 2.28. The number of anilines is 2. The van der Waals surface area contributed by atoms with Gasteiger partial charge in [-0.25, -0.2) is 9.97 Å². The van der Waals surface area contributed by atoms with Gasteiger partial charge in [0.2, 0.25) is 5.96 Å². The molecule has 1 atom stereocenters. The summed E-state index contributed by atoms with van der Waals surface area (Å²) in [4.78, 5) is 19.2. The Labute approximate surface area is 218 Å². The molecule has 3 N–H and O–H groups in total. The summed E-state index contributed by atoms with van der Waals surface area (Å²) >= 11 is 0. The van der Waals surface area contributed by atoms with Crippen LogP contribution in [0, 0.1) is 13.8 Å². The van der Waals surface area contributed by atoms with Gasteiger partial charge in [0.25, 0.3) is 0 Å². The molecule has 0 radical (unpaired) electrons. The van der Waals surface area contributed by atoms with Crippen LogP contribution in [0.4, 0.5) is 11.5 Å². The predicted octanol–water partition coefficient (Wildman–Crippen LogP) is 3.95. The largest absolute Gasteiger partial charge is 0.362 e. The number of imidazole rings is 1. The minimum Gasteiger partial charge on any atom is -0.362 e. The fraction of sp³-hybridized carbons (Fsp3) is 0.464. The van der Waals surface area contributed by atoms with E-state index in [1.807, 2.05) is 36.0 Å². The summed E-state index contributed by atoms with van der Waals surface area (Å²) in [6, 6.07) is 8.96. The van der Waals surface area contributed by atoms with Crippen LogP contribution < -0.4 is 16.0 Å².